The third kappa shape index (κ3) is 43.4. The SMILES string of the molecule is CCCC/C=C/CCCCCCCCCCCC(=O)OC[C@H](COP(=O)(O)O)OC(=O)CCCCCCCCCCCCCCCCCCCCCC. The zero-order chi connectivity index (χ0) is 38.9. The molecule has 0 saturated heterocycles. The van der Waals surface area contributed by atoms with Crippen LogP contribution in [0, 0.1) is 0 Å². The van der Waals surface area contributed by atoms with Crippen LogP contribution in [0.25, 0.3) is 0 Å². The van der Waals surface area contributed by atoms with Crippen LogP contribution in [0.4, 0.5) is 0 Å². The molecule has 314 valence electrons. The fourth-order valence-corrected chi connectivity index (χ4v) is 7.01. The van der Waals surface area contributed by atoms with Crippen molar-refractivity contribution in [3.8, 4) is 0 Å². The zero-order valence-corrected chi connectivity index (χ0v) is 35.6. The first kappa shape index (κ1) is 51.8. The maximum Gasteiger partial charge on any atom is 0.469 e. The number of carbonyl (C=O) groups is 2. The number of ether oxygens (including phenoxy) is 2. The summed E-state index contributed by atoms with van der Waals surface area (Å²) < 4.78 is 26.4. The van der Waals surface area contributed by atoms with Crippen molar-refractivity contribution < 1.29 is 37.9 Å². The van der Waals surface area contributed by atoms with Gasteiger partial charge in [-0.3, -0.25) is 14.1 Å². The van der Waals surface area contributed by atoms with Gasteiger partial charge in [-0.1, -0.05) is 206 Å². The highest BCUT2D eigenvalue weighted by molar-refractivity contribution is 7.46. The molecule has 0 radical (unpaired) electrons. The van der Waals surface area contributed by atoms with Gasteiger partial charge in [0.15, 0.2) is 6.10 Å². The molecule has 0 aromatic carbocycles. The van der Waals surface area contributed by atoms with E-state index in [0.29, 0.717) is 6.42 Å². The molecule has 2 N–H and O–H groups in total. The summed E-state index contributed by atoms with van der Waals surface area (Å²) in [4.78, 5) is 42.9. The second-order valence-electron chi connectivity index (χ2n) is 15.4. The highest BCUT2D eigenvalue weighted by atomic mass is 31.2. The lowest BCUT2D eigenvalue weighted by molar-refractivity contribution is -0.161. The first-order chi connectivity index (χ1) is 25.8. The summed E-state index contributed by atoms with van der Waals surface area (Å²) in [5.41, 5.74) is 0. The fraction of sp³-hybridized carbons (Fsp3) is 0.909. The summed E-state index contributed by atoms with van der Waals surface area (Å²) in [6.45, 7) is 3.69. The monoisotopic (exact) mass is 773 g/mol. The van der Waals surface area contributed by atoms with Crippen LogP contribution < -0.4 is 0 Å². The van der Waals surface area contributed by atoms with Gasteiger partial charge in [0.05, 0.1) is 6.61 Å². The highest BCUT2D eigenvalue weighted by Crippen LogP contribution is 2.36. The minimum atomic E-state index is -4.75. The van der Waals surface area contributed by atoms with E-state index in [0.717, 1.165) is 32.1 Å². The summed E-state index contributed by atoms with van der Waals surface area (Å²) >= 11 is 0. The van der Waals surface area contributed by atoms with Crippen LogP contribution in [-0.4, -0.2) is 41.0 Å². The van der Waals surface area contributed by atoms with Crippen molar-refractivity contribution in [2.75, 3.05) is 13.2 Å². The second-order valence-corrected chi connectivity index (χ2v) is 16.6. The Kier molecular flexibility index (Phi) is 39.5. The maximum absolute atomic E-state index is 12.4. The van der Waals surface area contributed by atoms with Gasteiger partial charge in [0.2, 0.25) is 0 Å². The van der Waals surface area contributed by atoms with Crippen LogP contribution in [-0.2, 0) is 28.2 Å². The normalized spacial score (nSPS) is 12.5. The van der Waals surface area contributed by atoms with Crippen molar-refractivity contribution in [3.05, 3.63) is 12.2 Å². The number of rotatable bonds is 42. The Bertz CT molecular complexity index is 873. The molecule has 0 aromatic heterocycles. The van der Waals surface area contributed by atoms with Gasteiger partial charge >= 0.3 is 19.8 Å². The second kappa shape index (κ2) is 40.5. The molecule has 0 fully saturated rings. The standard InChI is InChI=1S/C44H85O8P/c1-3-5-7-9-11-13-15-17-19-20-21-22-23-25-27-29-31-33-35-37-39-44(46)52-42(41-51-53(47,48)49)40-50-43(45)38-36-34-32-30-28-26-24-18-16-14-12-10-8-6-4-2/h10,12,42H,3-9,11,13-41H2,1-2H3,(H2,47,48,49)/b12-10+/t42-/m1/s1. The molecule has 0 heterocycles. The number of phosphoric acid groups is 1. The summed E-state index contributed by atoms with van der Waals surface area (Å²) in [6, 6.07) is 0. The van der Waals surface area contributed by atoms with Crippen molar-refractivity contribution in [1.82, 2.24) is 0 Å². The van der Waals surface area contributed by atoms with Gasteiger partial charge in [0.25, 0.3) is 0 Å². The summed E-state index contributed by atoms with van der Waals surface area (Å²) in [5, 5.41) is 0. The Morgan fingerprint density at radius 2 is 0.811 bits per heavy atom. The molecule has 0 saturated carbocycles. The summed E-state index contributed by atoms with van der Waals surface area (Å²) in [5.74, 6) is -0.873. The Hall–Kier alpha value is -1.21. The van der Waals surface area contributed by atoms with Crippen LogP contribution >= 0.6 is 7.82 Å². The summed E-state index contributed by atoms with van der Waals surface area (Å²) in [6.07, 6.45) is 45.1. The molecule has 0 aliphatic rings. The molecule has 0 spiro atoms. The minimum absolute atomic E-state index is 0.218. The Labute approximate surface area is 327 Å². The van der Waals surface area contributed by atoms with E-state index in [1.807, 2.05) is 0 Å². The smallest absolute Gasteiger partial charge is 0.462 e. The molecule has 1 atom stereocenters. The molecule has 53 heavy (non-hydrogen) atoms. The van der Waals surface area contributed by atoms with E-state index in [1.54, 1.807) is 0 Å². The van der Waals surface area contributed by atoms with Crippen LogP contribution in [0.1, 0.15) is 239 Å². The van der Waals surface area contributed by atoms with E-state index in [-0.39, 0.29) is 19.4 Å². The topological polar surface area (TPSA) is 119 Å². The maximum atomic E-state index is 12.4. The van der Waals surface area contributed by atoms with E-state index in [1.165, 1.54) is 173 Å². The van der Waals surface area contributed by atoms with Gasteiger partial charge in [-0.15, -0.1) is 0 Å². The predicted molar refractivity (Wildman–Crippen MR) is 221 cm³/mol. The van der Waals surface area contributed by atoms with Gasteiger partial charge < -0.3 is 19.3 Å². The van der Waals surface area contributed by atoms with Crippen molar-refractivity contribution in [2.45, 2.75) is 245 Å². The van der Waals surface area contributed by atoms with E-state index >= 15 is 0 Å². The molecule has 0 aliphatic carbocycles. The number of hydrogen-bond acceptors (Lipinski definition) is 6. The molecule has 0 aromatic rings. The Morgan fingerprint density at radius 3 is 1.21 bits per heavy atom. The lowest BCUT2D eigenvalue weighted by atomic mass is 10.0. The van der Waals surface area contributed by atoms with E-state index in [4.69, 9.17) is 19.3 Å². The van der Waals surface area contributed by atoms with Crippen LogP contribution in [0.15, 0.2) is 12.2 Å². The molecular weight excluding hydrogens is 687 g/mol. The molecule has 0 rings (SSSR count). The molecule has 0 amide bonds. The molecule has 8 nitrogen and oxygen atoms in total. The van der Waals surface area contributed by atoms with Gasteiger partial charge in [0, 0.05) is 12.8 Å². The quantitative estimate of drug-likeness (QED) is 0.0272. The van der Waals surface area contributed by atoms with Gasteiger partial charge in [0.1, 0.15) is 6.61 Å². The first-order valence-corrected chi connectivity index (χ1v) is 24.0. The fourth-order valence-electron chi connectivity index (χ4n) is 6.65. The van der Waals surface area contributed by atoms with Crippen molar-refractivity contribution >= 4 is 19.8 Å². The third-order valence-electron chi connectivity index (χ3n) is 10.0. The number of phosphoric ester groups is 1. The predicted octanol–water partition coefficient (Wildman–Crippen LogP) is 13.8. The largest absolute Gasteiger partial charge is 0.469 e. The lowest BCUT2D eigenvalue weighted by Gasteiger charge is -2.18. The third-order valence-corrected chi connectivity index (χ3v) is 10.5. The number of unbranched alkanes of at least 4 members (excludes halogenated alkanes) is 30. The van der Waals surface area contributed by atoms with Gasteiger partial charge in [-0.2, -0.15) is 0 Å². The van der Waals surface area contributed by atoms with Gasteiger partial charge in [-0.25, -0.2) is 4.57 Å². The van der Waals surface area contributed by atoms with E-state index < -0.39 is 32.5 Å². The zero-order valence-electron chi connectivity index (χ0n) is 34.7. The number of carbonyl (C=O) groups excluding carboxylic acids is 2. The molecule has 0 unspecified atom stereocenters. The molecule has 9 heteroatoms. The van der Waals surface area contributed by atoms with Crippen LogP contribution in [0.2, 0.25) is 0 Å². The highest BCUT2D eigenvalue weighted by Gasteiger charge is 2.23. The number of esters is 2. The average Bonchev–Trinajstić information content (AvgIpc) is 3.13. The van der Waals surface area contributed by atoms with Crippen molar-refractivity contribution in [2.24, 2.45) is 0 Å². The van der Waals surface area contributed by atoms with E-state index in [2.05, 4.69) is 30.5 Å². The average molecular weight is 773 g/mol. The molecule has 0 bridgehead atoms. The van der Waals surface area contributed by atoms with Crippen molar-refractivity contribution in [3.63, 3.8) is 0 Å². The van der Waals surface area contributed by atoms with Crippen LogP contribution in [0.3, 0.4) is 0 Å². The molecule has 0 aliphatic heterocycles. The summed E-state index contributed by atoms with van der Waals surface area (Å²) in [7, 11) is -4.75. The van der Waals surface area contributed by atoms with Crippen LogP contribution in [0.5, 0.6) is 0 Å². The molecular formula is C44H85O8P. The van der Waals surface area contributed by atoms with Gasteiger partial charge in [-0.05, 0) is 32.1 Å². The Balaban J connectivity index is 3.82. The Morgan fingerprint density at radius 1 is 0.472 bits per heavy atom. The number of allylic oxidation sites excluding steroid dienone is 2. The van der Waals surface area contributed by atoms with Crippen molar-refractivity contribution in [1.29, 1.82) is 0 Å². The van der Waals surface area contributed by atoms with E-state index in [9.17, 15) is 14.2 Å². The lowest BCUT2D eigenvalue weighted by Crippen LogP contribution is -2.29. The first-order valence-electron chi connectivity index (χ1n) is 22.5. The number of hydrogen-bond donors (Lipinski definition) is 2. The minimum Gasteiger partial charge on any atom is -0.462 e.